The molecule has 3 amide bonds. The third-order valence-electron chi connectivity index (χ3n) is 4.29. The van der Waals surface area contributed by atoms with Gasteiger partial charge in [-0.2, -0.15) is 0 Å². The van der Waals surface area contributed by atoms with Crippen molar-refractivity contribution >= 4 is 46.4 Å². The number of para-hydroxylation sites is 1. The monoisotopic (exact) mass is 408 g/mol. The lowest BCUT2D eigenvalue weighted by atomic mass is 10.2. The van der Waals surface area contributed by atoms with E-state index in [1.165, 1.54) is 11.3 Å². The van der Waals surface area contributed by atoms with Gasteiger partial charge in [0, 0.05) is 24.8 Å². The minimum Gasteiger partial charge on any atom is -0.334 e. The van der Waals surface area contributed by atoms with Crippen LogP contribution in [0.2, 0.25) is 0 Å². The van der Waals surface area contributed by atoms with E-state index in [1.807, 2.05) is 35.2 Å². The molecule has 0 aliphatic carbocycles. The van der Waals surface area contributed by atoms with Crippen molar-refractivity contribution in [1.29, 1.82) is 0 Å². The second-order valence-corrected chi connectivity index (χ2v) is 7.34. The number of thiophene rings is 1. The van der Waals surface area contributed by atoms with Crippen molar-refractivity contribution in [3.05, 3.63) is 47.3 Å². The summed E-state index contributed by atoms with van der Waals surface area (Å²) in [7, 11) is 0. The minimum atomic E-state index is -0.317. The number of hydrogen-bond acceptors (Lipinski definition) is 4. The highest BCUT2D eigenvalue weighted by Gasteiger charge is 2.27. The van der Waals surface area contributed by atoms with Gasteiger partial charge < -0.3 is 15.5 Å². The normalized spacial score (nSPS) is 15.7. The Kier molecular flexibility index (Phi) is 8.09. The Labute approximate surface area is 169 Å². The SMILES string of the molecule is CCCN(C(=O)c1ccc(NC(=O)Nc2ccccc2)s1)C1CCNC1.Cl. The molecule has 8 heteroatoms. The molecule has 27 heavy (non-hydrogen) atoms. The molecule has 1 fully saturated rings. The number of halogens is 1. The van der Waals surface area contributed by atoms with Gasteiger partial charge in [0.05, 0.1) is 9.88 Å². The number of rotatable bonds is 6. The number of amides is 3. The Bertz CT molecular complexity index is 747. The van der Waals surface area contributed by atoms with Gasteiger partial charge in [0.2, 0.25) is 0 Å². The summed E-state index contributed by atoms with van der Waals surface area (Å²) in [5.74, 6) is 0.0436. The molecule has 0 saturated carbocycles. The third kappa shape index (κ3) is 5.69. The lowest BCUT2D eigenvalue weighted by Crippen LogP contribution is -2.41. The number of benzene rings is 1. The highest BCUT2D eigenvalue weighted by molar-refractivity contribution is 7.18. The van der Waals surface area contributed by atoms with Crippen LogP contribution >= 0.6 is 23.7 Å². The zero-order valence-electron chi connectivity index (χ0n) is 15.2. The van der Waals surface area contributed by atoms with Gasteiger partial charge in [0.15, 0.2) is 0 Å². The van der Waals surface area contributed by atoms with Crippen molar-refractivity contribution in [3.8, 4) is 0 Å². The standard InChI is InChI=1S/C19H24N4O2S.ClH/c1-2-12-23(15-10-11-20-13-15)18(24)16-8-9-17(26-16)22-19(25)21-14-6-4-3-5-7-14;/h3-9,15,20H,2,10-13H2,1H3,(H2,21,22,25);1H. The van der Waals surface area contributed by atoms with Crippen LogP contribution in [-0.2, 0) is 0 Å². The topological polar surface area (TPSA) is 73.5 Å². The Hall–Kier alpha value is -2.09. The van der Waals surface area contributed by atoms with Crippen LogP contribution in [0.1, 0.15) is 29.4 Å². The molecule has 1 aliphatic heterocycles. The molecule has 1 saturated heterocycles. The molecule has 3 N–H and O–H groups in total. The first-order valence-electron chi connectivity index (χ1n) is 8.92. The van der Waals surface area contributed by atoms with Gasteiger partial charge in [0.25, 0.3) is 5.91 Å². The summed E-state index contributed by atoms with van der Waals surface area (Å²) < 4.78 is 0. The van der Waals surface area contributed by atoms with Crippen LogP contribution < -0.4 is 16.0 Å². The second-order valence-electron chi connectivity index (χ2n) is 6.25. The minimum absolute atomic E-state index is 0. The molecule has 6 nitrogen and oxygen atoms in total. The first kappa shape index (κ1) is 21.2. The number of nitrogens with zero attached hydrogens (tertiary/aromatic N) is 1. The highest BCUT2D eigenvalue weighted by atomic mass is 35.5. The number of urea groups is 1. The molecular formula is C19H25ClN4O2S. The van der Waals surface area contributed by atoms with Gasteiger partial charge in [-0.1, -0.05) is 25.1 Å². The van der Waals surface area contributed by atoms with Crippen molar-refractivity contribution in [2.75, 3.05) is 30.3 Å². The Morgan fingerprint density at radius 3 is 2.63 bits per heavy atom. The van der Waals surface area contributed by atoms with E-state index in [-0.39, 0.29) is 30.4 Å². The highest BCUT2D eigenvalue weighted by Crippen LogP contribution is 2.25. The van der Waals surface area contributed by atoms with Crippen LogP contribution in [0.5, 0.6) is 0 Å². The van der Waals surface area contributed by atoms with Crippen molar-refractivity contribution in [2.24, 2.45) is 0 Å². The zero-order valence-corrected chi connectivity index (χ0v) is 16.9. The molecule has 1 aliphatic rings. The maximum atomic E-state index is 12.9. The van der Waals surface area contributed by atoms with Crippen molar-refractivity contribution in [3.63, 3.8) is 0 Å². The fraction of sp³-hybridized carbons (Fsp3) is 0.368. The van der Waals surface area contributed by atoms with E-state index in [2.05, 4.69) is 22.9 Å². The van der Waals surface area contributed by atoms with Crippen molar-refractivity contribution in [1.82, 2.24) is 10.2 Å². The van der Waals surface area contributed by atoms with Crippen LogP contribution in [0.15, 0.2) is 42.5 Å². The molecule has 0 bridgehead atoms. The van der Waals surface area contributed by atoms with Crippen LogP contribution in [0.4, 0.5) is 15.5 Å². The molecule has 146 valence electrons. The van der Waals surface area contributed by atoms with E-state index < -0.39 is 0 Å². The van der Waals surface area contributed by atoms with Gasteiger partial charge in [-0.05, 0) is 43.7 Å². The fourth-order valence-electron chi connectivity index (χ4n) is 3.05. The first-order valence-corrected chi connectivity index (χ1v) is 9.73. The van der Waals surface area contributed by atoms with E-state index >= 15 is 0 Å². The first-order chi connectivity index (χ1) is 12.7. The summed E-state index contributed by atoms with van der Waals surface area (Å²) >= 11 is 1.31. The lowest BCUT2D eigenvalue weighted by Gasteiger charge is -2.27. The summed E-state index contributed by atoms with van der Waals surface area (Å²) in [5.41, 5.74) is 0.723. The number of hydrogen-bond donors (Lipinski definition) is 3. The number of carbonyl (C=O) groups excluding carboxylic acids is 2. The van der Waals surface area contributed by atoms with E-state index in [0.29, 0.717) is 9.88 Å². The number of anilines is 2. The number of nitrogens with one attached hydrogen (secondary N) is 3. The zero-order chi connectivity index (χ0) is 18.4. The molecule has 3 rings (SSSR count). The molecule has 1 atom stereocenters. The van der Waals surface area contributed by atoms with Crippen LogP contribution in [-0.4, -0.2) is 42.5 Å². The van der Waals surface area contributed by atoms with E-state index in [1.54, 1.807) is 12.1 Å². The van der Waals surface area contributed by atoms with Gasteiger partial charge in [-0.3, -0.25) is 10.1 Å². The van der Waals surface area contributed by atoms with Crippen molar-refractivity contribution < 1.29 is 9.59 Å². The summed E-state index contributed by atoms with van der Waals surface area (Å²) in [4.78, 5) is 27.6. The molecule has 2 heterocycles. The Morgan fingerprint density at radius 2 is 1.96 bits per heavy atom. The summed E-state index contributed by atoms with van der Waals surface area (Å²) in [6.07, 6.45) is 1.92. The number of carbonyl (C=O) groups is 2. The van der Waals surface area contributed by atoms with Crippen molar-refractivity contribution in [2.45, 2.75) is 25.8 Å². The average Bonchev–Trinajstić information content (AvgIpc) is 3.32. The van der Waals surface area contributed by atoms with Crippen LogP contribution in [0.25, 0.3) is 0 Å². The average molecular weight is 409 g/mol. The molecule has 2 aromatic rings. The summed E-state index contributed by atoms with van der Waals surface area (Å²) in [5, 5.41) is 9.53. The predicted octanol–water partition coefficient (Wildman–Crippen LogP) is 4.03. The van der Waals surface area contributed by atoms with E-state index in [4.69, 9.17) is 0 Å². The van der Waals surface area contributed by atoms with Gasteiger partial charge in [0.1, 0.15) is 0 Å². The second kappa shape index (κ2) is 10.3. The summed E-state index contributed by atoms with van der Waals surface area (Å²) in [6.45, 7) is 4.63. The fourth-order valence-corrected chi connectivity index (χ4v) is 3.91. The molecule has 0 radical (unpaired) electrons. The smallest absolute Gasteiger partial charge is 0.324 e. The van der Waals surface area contributed by atoms with Gasteiger partial charge >= 0.3 is 6.03 Å². The lowest BCUT2D eigenvalue weighted by molar-refractivity contribution is 0.0697. The molecule has 1 unspecified atom stereocenters. The molecule has 1 aromatic carbocycles. The Morgan fingerprint density at radius 1 is 1.19 bits per heavy atom. The quantitative estimate of drug-likeness (QED) is 0.675. The predicted molar refractivity (Wildman–Crippen MR) is 113 cm³/mol. The summed E-state index contributed by atoms with van der Waals surface area (Å²) in [6, 6.07) is 12.8. The maximum absolute atomic E-state index is 12.9. The molecular weight excluding hydrogens is 384 g/mol. The van der Waals surface area contributed by atoms with E-state index in [0.717, 1.165) is 38.2 Å². The maximum Gasteiger partial charge on any atom is 0.324 e. The molecule has 1 aromatic heterocycles. The van der Waals surface area contributed by atoms with Gasteiger partial charge in [-0.15, -0.1) is 23.7 Å². The van der Waals surface area contributed by atoms with Crippen LogP contribution in [0, 0.1) is 0 Å². The Balaban J connectivity index is 0.00000261. The van der Waals surface area contributed by atoms with Crippen LogP contribution in [0.3, 0.4) is 0 Å². The largest absolute Gasteiger partial charge is 0.334 e. The van der Waals surface area contributed by atoms with Gasteiger partial charge in [-0.25, -0.2) is 4.79 Å². The third-order valence-corrected chi connectivity index (χ3v) is 5.27. The molecule has 0 spiro atoms. The van der Waals surface area contributed by atoms with E-state index in [9.17, 15) is 9.59 Å².